The molecular formula is C36H54N16OS. The van der Waals surface area contributed by atoms with E-state index in [-0.39, 0.29) is 18.5 Å². The van der Waals surface area contributed by atoms with Crippen LogP contribution in [0.1, 0.15) is 53.4 Å². The SMILES string of the molecule is Cc1ccc(CN=C2NC(N(C)CCc3ccc(CN=C4NC(N(C)CCc5ccc(CN=C6NC(N(C)C)=NC(C)N6)s5)=NC(C)N4)o3)=NC(C)N2)[nH]1. The highest BCUT2D eigenvalue weighted by atomic mass is 32.1. The average Bonchev–Trinajstić information content (AvgIpc) is 3.91. The number of aromatic nitrogens is 1. The third kappa shape index (κ3) is 10.8. The summed E-state index contributed by atoms with van der Waals surface area (Å²) in [5, 5.41) is 19.8. The second-order valence-electron chi connectivity index (χ2n) is 13.8. The van der Waals surface area contributed by atoms with Gasteiger partial charge in [-0.15, -0.1) is 11.3 Å². The number of rotatable bonds is 12. The number of likely N-dealkylation sites (N-methyl/N-ethyl adjacent to an activating group) is 2. The Balaban J connectivity index is 0.942. The van der Waals surface area contributed by atoms with Crippen molar-refractivity contribution < 1.29 is 4.42 Å². The number of nitrogens with one attached hydrogen (secondary N) is 7. The first-order valence-electron chi connectivity index (χ1n) is 18.3. The molecule has 0 aromatic carbocycles. The Kier molecular flexibility index (Phi) is 12.4. The fraction of sp³-hybridized carbons (Fsp3) is 0.500. The molecule has 6 heterocycles. The van der Waals surface area contributed by atoms with Gasteiger partial charge in [0.2, 0.25) is 17.9 Å². The summed E-state index contributed by atoms with van der Waals surface area (Å²) in [5.74, 6) is 6.16. The molecule has 3 unspecified atom stereocenters. The van der Waals surface area contributed by atoms with E-state index in [9.17, 15) is 0 Å². The number of hydrogen-bond acceptors (Lipinski definition) is 11. The van der Waals surface area contributed by atoms with Crippen molar-refractivity contribution in [3.05, 3.63) is 69.1 Å². The van der Waals surface area contributed by atoms with Gasteiger partial charge in [0, 0.05) is 68.8 Å². The van der Waals surface area contributed by atoms with Gasteiger partial charge in [0.1, 0.15) is 36.6 Å². The largest absolute Gasteiger partial charge is 0.464 e. The standard InChI is InChI=1S/C36H54N16OS/c1-22-9-10-26(40-22)19-37-31-42-24(3)45-35(48-31)51(7)17-15-27-11-12-28(53-27)20-38-32-43-25(4)46-36(49-32)52(8)18-16-29-13-14-30(54-29)21-39-33-41-23(2)44-34(47-33)50(5)6/h9-14,23-25,40H,15-21H2,1-8H3,(H2,37,42,45,48)(H2,38,43,46,49)(H2,39,41,44,47). The molecule has 0 aliphatic carbocycles. The number of hydrogen-bond donors (Lipinski definition) is 7. The van der Waals surface area contributed by atoms with E-state index in [2.05, 4.69) is 75.9 Å². The molecule has 3 aliphatic rings. The lowest BCUT2D eigenvalue weighted by Crippen LogP contribution is -2.54. The van der Waals surface area contributed by atoms with Crippen molar-refractivity contribution in [3.8, 4) is 0 Å². The molecule has 0 radical (unpaired) electrons. The summed E-state index contributed by atoms with van der Waals surface area (Å²) >= 11 is 1.78. The van der Waals surface area contributed by atoms with Crippen LogP contribution in [0.5, 0.6) is 0 Å². The normalized spacial score (nSPS) is 21.9. The zero-order chi connectivity index (χ0) is 38.2. The van der Waals surface area contributed by atoms with E-state index in [1.807, 2.05) is 72.9 Å². The van der Waals surface area contributed by atoms with Crippen LogP contribution < -0.4 is 31.9 Å². The summed E-state index contributed by atoms with van der Waals surface area (Å²) in [6.07, 6.45) is 1.39. The summed E-state index contributed by atoms with van der Waals surface area (Å²) in [7, 11) is 7.99. The van der Waals surface area contributed by atoms with Crippen molar-refractivity contribution in [2.24, 2.45) is 30.0 Å². The molecule has 0 bridgehead atoms. The second-order valence-corrected chi connectivity index (χ2v) is 15.1. The quantitative estimate of drug-likeness (QED) is 0.145. The van der Waals surface area contributed by atoms with Gasteiger partial charge in [0.15, 0.2) is 17.9 Å². The average molecular weight is 759 g/mol. The van der Waals surface area contributed by atoms with Crippen LogP contribution in [0.25, 0.3) is 0 Å². The van der Waals surface area contributed by atoms with Crippen molar-refractivity contribution in [1.29, 1.82) is 0 Å². The molecule has 7 N–H and O–H groups in total. The van der Waals surface area contributed by atoms with Crippen molar-refractivity contribution in [2.75, 3.05) is 41.3 Å². The number of aliphatic imine (C=N–C) groups is 6. The molecule has 3 aromatic heterocycles. The molecule has 0 fully saturated rings. The van der Waals surface area contributed by atoms with Crippen LogP contribution >= 0.6 is 11.3 Å². The van der Waals surface area contributed by atoms with Gasteiger partial charge in [0.25, 0.3) is 0 Å². The predicted molar refractivity (Wildman–Crippen MR) is 218 cm³/mol. The van der Waals surface area contributed by atoms with E-state index in [0.29, 0.717) is 31.6 Å². The van der Waals surface area contributed by atoms with E-state index in [0.717, 1.165) is 72.7 Å². The van der Waals surface area contributed by atoms with Crippen molar-refractivity contribution >= 4 is 47.1 Å². The van der Waals surface area contributed by atoms with E-state index in [4.69, 9.17) is 29.4 Å². The molecule has 290 valence electrons. The lowest BCUT2D eigenvalue weighted by Gasteiger charge is -2.29. The number of guanidine groups is 6. The third-order valence-electron chi connectivity index (χ3n) is 8.73. The minimum atomic E-state index is -0.113. The van der Waals surface area contributed by atoms with Crippen molar-refractivity contribution in [1.82, 2.24) is 51.6 Å². The highest BCUT2D eigenvalue weighted by Crippen LogP contribution is 2.19. The molecule has 6 rings (SSSR count). The lowest BCUT2D eigenvalue weighted by atomic mass is 10.3. The molecular weight excluding hydrogens is 705 g/mol. The highest BCUT2D eigenvalue weighted by Gasteiger charge is 2.21. The Hall–Kier alpha value is -5.52. The second kappa shape index (κ2) is 17.5. The minimum absolute atomic E-state index is 0.0260. The maximum atomic E-state index is 6.15. The van der Waals surface area contributed by atoms with Crippen LogP contribution in [-0.4, -0.2) is 115 Å². The fourth-order valence-corrected chi connectivity index (χ4v) is 6.75. The zero-order valence-electron chi connectivity index (χ0n) is 32.5. The van der Waals surface area contributed by atoms with Gasteiger partial charge >= 0.3 is 0 Å². The van der Waals surface area contributed by atoms with Gasteiger partial charge in [0.05, 0.1) is 13.1 Å². The number of furan rings is 1. The van der Waals surface area contributed by atoms with Crippen molar-refractivity contribution in [3.63, 3.8) is 0 Å². The molecule has 17 nitrogen and oxygen atoms in total. The smallest absolute Gasteiger partial charge is 0.202 e. The molecule has 3 aromatic rings. The van der Waals surface area contributed by atoms with Crippen LogP contribution in [0.3, 0.4) is 0 Å². The Bertz CT molecular complexity index is 1910. The van der Waals surface area contributed by atoms with Crippen LogP contribution in [0.15, 0.2) is 70.8 Å². The predicted octanol–water partition coefficient (Wildman–Crippen LogP) is 2.14. The molecule has 0 saturated heterocycles. The number of H-pyrrole nitrogens is 1. The maximum absolute atomic E-state index is 6.15. The van der Waals surface area contributed by atoms with Gasteiger partial charge in [-0.05, 0) is 70.5 Å². The van der Waals surface area contributed by atoms with E-state index in [1.165, 1.54) is 9.75 Å². The molecule has 0 amide bonds. The fourth-order valence-electron chi connectivity index (χ4n) is 5.82. The van der Waals surface area contributed by atoms with Crippen molar-refractivity contribution in [2.45, 2.75) is 78.7 Å². The molecule has 54 heavy (non-hydrogen) atoms. The van der Waals surface area contributed by atoms with Crippen LogP contribution in [0, 0.1) is 6.92 Å². The van der Waals surface area contributed by atoms with Gasteiger partial charge in [-0.3, -0.25) is 16.0 Å². The lowest BCUT2D eigenvalue weighted by molar-refractivity contribution is 0.422. The number of aryl methyl sites for hydroxylation is 1. The van der Waals surface area contributed by atoms with E-state index >= 15 is 0 Å². The highest BCUT2D eigenvalue weighted by molar-refractivity contribution is 7.12. The Labute approximate surface area is 321 Å². The monoisotopic (exact) mass is 758 g/mol. The first kappa shape index (κ1) is 38.2. The Morgan fingerprint density at radius 3 is 1.78 bits per heavy atom. The molecule has 18 heteroatoms. The zero-order valence-corrected chi connectivity index (χ0v) is 33.3. The third-order valence-corrected chi connectivity index (χ3v) is 9.86. The summed E-state index contributed by atoms with van der Waals surface area (Å²) < 4.78 is 6.15. The number of nitrogens with zero attached hydrogens (tertiary/aromatic N) is 9. The maximum Gasteiger partial charge on any atom is 0.202 e. The minimum Gasteiger partial charge on any atom is -0.464 e. The molecule has 0 saturated carbocycles. The van der Waals surface area contributed by atoms with Gasteiger partial charge in [-0.1, -0.05) is 0 Å². The molecule has 3 aliphatic heterocycles. The summed E-state index contributed by atoms with van der Waals surface area (Å²) in [6.45, 7) is 11.2. The summed E-state index contributed by atoms with van der Waals surface area (Å²) in [6, 6.07) is 12.4. The summed E-state index contributed by atoms with van der Waals surface area (Å²) in [5.41, 5.74) is 2.19. The molecule has 3 atom stereocenters. The van der Waals surface area contributed by atoms with E-state index < -0.39 is 0 Å². The van der Waals surface area contributed by atoms with Crippen LogP contribution in [0.2, 0.25) is 0 Å². The number of thiophene rings is 1. The Morgan fingerprint density at radius 2 is 1.17 bits per heavy atom. The topological polar surface area (TPSA) is 185 Å². The first-order chi connectivity index (χ1) is 25.9. The Morgan fingerprint density at radius 1 is 0.630 bits per heavy atom. The van der Waals surface area contributed by atoms with Crippen LogP contribution in [0.4, 0.5) is 0 Å². The van der Waals surface area contributed by atoms with Crippen LogP contribution in [-0.2, 0) is 32.5 Å². The van der Waals surface area contributed by atoms with Gasteiger partial charge in [-0.25, -0.2) is 30.0 Å². The van der Waals surface area contributed by atoms with Gasteiger partial charge < -0.3 is 40.1 Å². The first-order valence-corrected chi connectivity index (χ1v) is 19.1. The molecule has 0 spiro atoms. The number of aromatic amines is 1. The van der Waals surface area contributed by atoms with Gasteiger partial charge in [-0.2, -0.15) is 0 Å². The summed E-state index contributed by atoms with van der Waals surface area (Å²) in [4.78, 5) is 40.2. The van der Waals surface area contributed by atoms with E-state index in [1.54, 1.807) is 11.3 Å².